The van der Waals surface area contributed by atoms with Gasteiger partial charge in [0.25, 0.3) is 0 Å². The molecule has 8 nitrogen and oxygen atoms in total. The van der Waals surface area contributed by atoms with Crippen LogP contribution in [0.5, 0.6) is 0 Å². The summed E-state index contributed by atoms with van der Waals surface area (Å²) >= 11 is 0. The zero-order valence-electron chi connectivity index (χ0n) is 17.5. The molecule has 0 bridgehead atoms. The summed E-state index contributed by atoms with van der Waals surface area (Å²) in [6, 6.07) is 0. The van der Waals surface area contributed by atoms with Gasteiger partial charge in [0.05, 0.1) is 25.4 Å². The molecule has 2 aliphatic rings. The lowest BCUT2D eigenvalue weighted by atomic mass is 10.1. The van der Waals surface area contributed by atoms with E-state index in [2.05, 4.69) is 15.2 Å². The van der Waals surface area contributed by atoms with Crippen LogP contribution in [-0.2, 0) is 19.0 Å². The van der Waals surface area contributed by atoms with Gasteiger partial charge in [-0.3, -0.25) is 4.79 Å². The third-order valence-corrected chi connectivity index (χ3v) is 4.99. The fraction of sp³-hybridized carbons (Fsp3) is 0.895. The van der Waals surface area contributed by atoms with Gasteiger partial charge in [0.2, 0.25) is 5.91 Å². The predicted molar refractivity (Wildman–Crippen MR) is 120 cm³/mol. The Hall–Kier alpha value is -0.650. The van der Waals surface area contributed by atoms with Gasteiger partial charge in [0, 0.05) is 47.4 Å². The number of nitrogens with one attached hydrogen (secondary N) is 1. The molecule has 2 saturated heterocycles. The van der Waals surface area contributed by atoms with Crippen LogP contribution in [-0.4, -0.2) is 101 Å². The predicted octanol–water partition coefficient (Wildman–Crippen LogP) is 1.33. The molecule has 0 spiro atoms. The largest absolute Gasteiger partial charge is 0.383 e. The number of carbonyl (C=O) groups is 1. The van der Waals surface area contributed by atoms with Crippen molar-refractivity contribution in [1.29, 1.82) is 0 Å². The highest BCUT2D eigenvalue weighted by Gasteiger charge is 2.24. The molecular weight excluding hydrogens is 475 g/mol. The number of guanidine groups is 1. The fourth-order valence-corrected chi connectivity index (χ4v) is 3.23. The molecule has 164 valence electrons. The van der Waals surface area contributed by atoms with Gasteiger partial charge < -0.3 is 29.3 Å². The summed E-state index contributed by atoms with van der Waals surface area (Å²) in [5, 5.41) is 3.30. The van der Waals surface area contributed by atoms with Crippen molar-refractivity contribution < 1.29 is 19.0 Å². The van der Waals surface area contributed by atoms with Crippen molar-refractivity contribution in [3.63, 3.8) is 0 Å². The highest BCUT2D eigenvalue weighted by Crippen LogP contribution is 2.18. The summed E-state index contributed by atoms with van der Waals surface area (Å²) in [4.78, 5) is 20.1. The van der Waals surface area contributed by atoms with Gasteiger partial charge in [-0.2, -0.15) is 0 Å². The van der Waals surface area contributed by atoms with Gasteiger partial charge in [0.1, 0.15) is 6.54 Å². The summed E-state index contributed by atoms with van der Waals surface area (Å²) in [5.74, 6) is 0.767. The number of methoxy groups -OCH3 is 1. The van der Waals surface area contributed by atoms with Crippen molar-refractivity contribution in [2.45, 2.75) is 44.3 Å². The van der Waals surface area contributed by atoms with Crippen LogP contribution >= 0.6 is 24.0 Å². The second kappa shape index (κ2) is 14.4. The number of piperidine rings is 1. The lowest BCUT2D eigenvalue weighted by Crippen LogP contribution is -2.48. The molecule has 9 heteroatoms. The second-order valence-corrected chi connectivity index (χ2v) is 7.36. The van der Waals surface area contributed by atoms with Crippen molar-refractivity contribution in [2.24, 2.45) is 4.99 Å². The van der Waals surface area contributed by atoms with Gasteiger partial charge >= 0.3 is 0 Å². The number of amides is 1. The van der Waals surface area contributed by atoms with Crippen LogP contribution < -0.4 is 5.32 Å². The molecule has 28 heavy (non-hydrogen) atoms. The Kier molecular flexibility index (Phi) is 13.0. The average molecular weight is 512 g/mol. The second-order valence-electron chi connectivity index (χ2n) is 7.36. The molecule has 1 atom stereocenters. The first kappa shape index (κ1) is 25.4. The van der Waals surface area contributed by atoms with Gasteiger partial charge in [-0.1, -0.05) is 0 Å². The quantitative estimate of drug-likeness (QED) is 0.229. The van der Waals surface area contributed by atoms with Crippen LogP contribution in [0.25, 0.3) is 0 Å². The first-order chi connectivity index (χ1) is 13.1. The Labute approximate surface area is 186 Å². The summed E-state index contributed by atoms with van der Waals surface area (Å²) in [6.45, 7) is 4.72. The van der Waals surface area contributed by atoms with E-state index in [4.69, 9.17) is 14.2 Å². The third kappa shape index (κ3) is 9.23. The average Bonchev–Trinajstić information content (AvgIpc) is 2.70. The Bertz CT molecular complexity index is 465. The Balaban J connectivity index is 0.00000392. The molecule has 1 amide bonds. The van der Waals surface area contributed by atoms with E-state index < -0.39 is 0 Å². The maximum Gasteiger partial charge on any atom is 0.243 e. The maximum absolute atomic E-state index is 11.9. The minimum Gasteiger partial charge on any atom is -0.383 e. The number of rotatable bonds is 8. The standard InChI is InChI=1S/C19H36N4O4.HI/c1-22(2)18(24)14-21-19(20-9-13-25-3)23-10-7-16(8-11-23)27-15-17-6-4-5-12-26-17;/h16-17H,4-15H2,1-3H3,(H,20,21);1H. The van der Waals surface area contributed by atoms with Crippen LogP contribution in [0.2, 0.25) is 0 Å². The SMILES string of the molecule is COCCNC(=NCC(=O)N(C)C)N1CCC(OCC2CCCCO2)CC1.I. The number of hydrogen-bond acceptors (Lipinski definition) is 5. The zero-order chi connectivity index (χ0) is 19.5. The number of ether oxygens (including phenoxy) is 3. The van der Waals surface area contributed by atoms with Gasteiger partial charge in [-0.15, -0.1) is 24.0 Å². The first-order valence-corrected chi connectivity index (χ1v) is 10.1. The number of likely N-dealkylation sites (N-methyl/N-ethyl adjacent to an activating group) is 1. The molecule has 0 aliphatic carbocycles. The molecule has 2 heterocycles. The van der Waals surface area contributed by atoms with E-state index in [0.717, 1.165) is 44.9 Å². The van der Waals surface area contributed by atoms with Crippen LogP contribution in [0, 0.1) is 0 Å². The van der Waals surface area contributed by atoms with E-state index in [9.17, 15) is 4.79 Å². The lowest BCUT2D eigenvalue weighted by molar-refractivity contribution is -0.127. The highest BCUT2D eigenvalue weighted by atomic mass is 127. The van der Waals surface area contributed by atoms with Crippen molar-refractivity contribution >= 4 is 35.8 Å². The van der Waals surface area contributed by atoms with E-state index in [1.807, 2.05) is 0 Å². The fourth-order valence-electron chi connectivity index (χ4n) is 3.23. The van der Waals surface area contributed by atoms with Crippen molar-refractivity contribution in [2.75, 3.05) is 67.2 Å². The van der Waals surface area contributed by atoms with E-state index in [1.54, 1.807) is 26.1 Å². The molecule has 1 unspecified atom stereocenters. The minimum atomic E-state index is -0.00765. The number of hydrogen-bond donors (Lipinski definition) is 1. The number of nitrogens with zero attached hydrogens (tertiary/aromatic N) is 3. The molecule has 1 N–H and O–H groups in total. The monoisotopic (exact) mass is 512 g/mol. The Morgan fingerprint density at radius 3 is 2.61 bits per heavy atom. The number of carbonyl (C=O) groups excluding carboxylic acids is 1. The molecule has 0 aromatic heterocycles. The van der Waals surface area contributed by atoms with Crippen molar-refractivity contribution in [3.05, 3.63) is 0 Å². The molecule has 0 saturated carbocycles. The molecule has 2 aliphatic heterocycles. The lowest BCUT2D eigenvalue weighted by Gasteiger charge is -2.35. The normalized spacial score (nSPS) is 21.2. The molecule has 0 aromatic rings. The molecule has 0 radical (unpaired) electrons. The molecule has 2 fully saturated rings. The number of halogens is 1. The Morgan fingerprint density at radius 2 is 2.00 bits per heavy atom. The summed E-state index contributed by atoms with van der Waals surface area (Å²) in [7, 11) is 5.16. The first-order valence-electron chi connectivity index (χ1n) is 10.1. The van der Waals surface area contributed by atoms with Gasteiger partial charge in [0.15, 0.2) is 5.96 Å². The number of likely N-dealkylation sites (tertiary alicyclic amines) is 1. The van der Waals surface area contributed by atoms with Crippen LogP contribution in [0.1, 0.15) is 32.1 Å². The van der Waals surface area contributed by atoms with E-state index in [1.165, 1.54) is 12.8 Å². The zero-order valence-corrected chi connectivity index (χ0v) is 19.9. The van der Waals surface area contributed by atoms with Crippen LogP contribution in [0.15, 0.2) is 4.99 Å². The summed E-state index contributed by atoms with van der Waals surface area (Å²) in [6.07, 6.45) is 5.98. The summed E-state index contributed by atoms with van der Waals surface area (Å²) in [5.41, 5.74) is 0. The van der Waals surface area contributed by atoms with Crippen LogP contribution in [0.3, 0.4) is 0 Å². The smallest absolute Gasteiger partial charge is 0.243 e. The highest BCUT2D eigenvalue weighted by molar-refractivity contribution is 14.0. The van der Waals surface area contributed by atoms with E-state index in [-0.39, 0.29) is 48.6 Å². The Morgan fingerprint density at radius 1 is 1.25 bits per heavy atom. The van der Waals surface area contributed by atoms with E-state index in [0.29, 0.717) is 19.8 Å². The van der Waals surface area contributed by atoms with Crippen molar-refractivity contribution in [1.82, 2.24) is 15.1 Å². The molecule has 0 aromatic carbocycles. The van der Waals surface area contributed by atoms with E-state index >= 15 is 0 Å². The summed E-state index contributed by atoms with van der Waals surface area (Å²) < 4.78 is 16.9. The molecular formula is C19H37IN4O4. The van der Waals surface area contributed by atoms with Crippen molar-refractivity contribution in [3.8, 4) is 0 Å². The van der Waals surface area contributed by atoms with Gasteiger partial charge in [-0.25, -0.2) is 4.99 Å². The molecule has 2 rings (SSSR count). The minimum absolute atomic E-state index is 0. The topological polar surface area (TPSA) is 75.6 Å². The number of aliphatic imine (C=N–C) groups is 1. The van der Waals surface area contributed by atoms with Gasteiger partial charge in [-0.05, 0) is 32.1 Å². The third-order valence-electron chi connectivity index (χ3n) is 4.99. The maximum atomic E-state index is 11.9. The van der Waals surface area contributed by atoms with Crippen LogP contribution in [0.4, 0.5) is 0 Å².